The van der Waals surface area contributed by atoms with Gasteiger partial charge in [-0.05, 0) is 19.3 Å². The van der Waals surface area contributed by atoms with E-state index in [2.05, 4.69) is 20.5 Å². The van der Waals surface area contributed by atoms with Gasteiger partial charge in [-0.15, -0.1) is 0 Å². The maximum Gasteiger partial charge on any atom is 0.317 e. The van der Waals surface area contributed by atoms with Gasteiger partial charge >= 0.3 is 6.03 Å². The molecule has 2 amide bonds. The molecule has 0 radical (unpaired) electrons. The summed E-state index contributed by atoms with van der Waals surface area (Å²) in [6.07, 6.45) is 3.95. The molecule has 20 heavy (non-hydrogen) atoms. The highest BCUT2D eigenvalue weighted by Crippen LogP contribution is 2.13. The Bertz CT molecular complexity index is 434. The number of hydrogen-bond acceptors (Lipinski definition) is 4. The summed E-state index contributed by atoms with van der Waals surface area (Å²) in [5.74, 6) is 1.46. The Morgan fingerprint density at radius 3 is 3.05 bits per heavy atom. The Kier molecular flexibility index (Phi) is 5.34. The third-order valence-electron chi connectivity index (χ3n) is 3.60. The highest BCUT2D eigenvalue weighted by atomic mass is 16.5. The minimum atomic E-state index is -0.0452. The van der Waals surface area contributed by atoms with Gasteiger partial charge < -0.3 is 15.0 Å². The summed E-state index contributed by atoms with van der Waals surface area (Å²) < 4.78 is 5.36. The average molecular weight is 281 g/mol. The van der Waals surface area contributed by atoms with Gasteiger partial charge in [0.2, 0.25) is 0 Å². The monoisotopic (exact) mass is 281 g/mol. The zero-order valence-electron chi connectivity index (χ0n) is 12.2. The molecule has 7 heteroatoms. The summed E-state index contributed by atoms with van der Waals surface area (Å²) in [4.78, 5) is 18.2. The molecule has 1 aliphatic heterocycles. The molecule has 0 aliphatic carbocycles. The fourth-order valence-electron chi connectivity index (χ4n) is 2.35. The molecule has 1 aromatic heterocycles. The number of nitrogens with zero attached hydrogens (tertiary/aromatic N) is 3. The minimum Gasteiger partial charge on any atom is -0.381 e. The quantitative estimate of drug-likeness (QED) is 0.865. The van der Waals surface area contributed by atoms with Gasteiger partial charge in [-0.1, -0.05) is 6.92 Å². The number of aromatic amines is 1. The molecule has 112 valence electrons. The Morgan fingerprint density at radius 1 is 1.50 bits per heavy atom. The maximum atomic E-state index is 12.1. The van der Waals surface area contributed by atoms with Crippen LogP contribution in [0.25, 0.3) is 0 Å². The molecule has 0 saturated carbocycles. The molecular formula is C13H23N5O2. The van der Waals surface area contributed by atoms with E-state index in [1.807, 2.05) is 11.8 Å². The Labute approximate surface area is 119 Å². The molecule has 2 N–H and O–H groups in total. The number of hydrogen-bond donors (Lipinski definition) is 2. The number of ether oxygens (including phenoxy) is 1. The number of likely N-dealkylation sites (tertiary alicyclic amines) is 1. The van der Waals surface area contributed by atoms with Gasteiger partial charge in [-0.3, -0.25) is 5.10 Å². The van der Waals surface area contributed by atoms with Crippen LogP contribution in [0.3, 0.4) is 0 Å². The van der Waals surface area contributed by atoms with Crippen molar-refractivity contribution in [1.29, 1.82) is 0 Å². The lowest BCUT2D eigenvalue weighted by Gasteiger charge is -2.20. The lowest BCUT2D eigenvalue weighted by Crippen LogP contribution is -2.40. The van der Waals surface area contributed by atoms with E-state index in [1.54, 1.807) is 7.11 Å². The normalized spacial score (nSPS) is 19.7. The molecule has 2 rings (SSSR count). The maximum absolute atomic E-state index is 12.1. The summed E-state index contributed by atoms with van der Waals surface area (Å²) in [6.45, 7) is 3.90. The van der Waals surface area contributed by atoms with Crippen LogP contribution < -0.4 is 5.32 Å². The van der Waals surface area contributed by atoms with E-state index in [-0.39, 0.29) is 12.1 Å². The van der Waals surface area contributed by atoms with E-state index in [9.17, 15) is 4.79 Å². The highest BCUT2D eigenvalue weighted by Gasteiger charge is 2.20. The first-order valence-electron chi connectivity index (χ1n) is 7.18. The van der Waals surface area contributed by atoms with Crippen molar-refractivity contribution in [2.75, 3.05) is 20.2 Å². The van der Waals surface area contributed by atoms with E-state index >= 15 is 0 Å². The molecule has 0 bridgehead atoms. The fourth-order valence-corrected chi connectivity index (χ4v) is 2.35. The second-order valence-electron chi connectivity index (χ2n) is 4.99. The van der Waals surface area contributed by atoms with Crippen molar-refractivity contribution >= 4 is 6.03 Å². The molecular weight excluding hydrogens is 258 g/mol. The molecule has 1 aromatic rings. The van der Waals surface area contributed by atoms with E-state index in [4.69, 9.17) is 4.74 Å². The van der Waals surface area contributed by atoms with Gasteiger partial charge in [0, 0.05) is 26.6 Å². The molecule has 1 saturated heterocycles. The number of carbonyl (C=O) groups excluding carboxylic acids is 1. The lowest BCUT2D eigenvalue weighted by molar-refractivity contribution is 0.0906. The summed E-state index contributed by atoms with van der Waals surface area (Å²) in [6, 6.07) is -0.0452. The lowest BCUT2D eigenvalue weighted by atomic mass is 10.2. The van der Waals surface area contributed by atoms with E-state index in [1.165, 1.54) is 0 Å². The van der Waals surface area contributed by atoms with E-state index in [0.717, 1.165) is 44.6 Å². The Morgan fingerprint density at radius 2 is 2.35 bits per heavy atom. The number of H-pyrrole nitrogens is 1. The molecule has 1 unspecified atom stereocenters. The second kappa shape index (κ2) is 7.23. The summed E-state index contributed by atoms with van der Waals surface area (Å²) in [7, 11) is 1.73. The van der Waals surface area contributed by atoms with Crippen LogP contribution >= 0.6 is 0 Å². The number of nitrogens with one attached hydrogen (secondary N) is 2. The number of amides is 2. The molecule has 1 atom stereocenters. The smallest absolute Gasteiger partial charge is 0.317 e. The number of rotatable bonds is 4. The van der Waals surface area contributed by atoms with Crippen molar-refractivity contribution in [1.82, 2.24) is 25.4 Å². The van der Waals surface area contributed by atoms with E-state index < -0.39 is 0 Å². The van der Waals surface area contributed by atoms with Crippen molar-refractivity contribution < 1.29 is 9.53 Å². The topological polar surface area (TPSA) is 83.1 Å². The van der Waals surface area contributed by atoms with Crippen LogP contribution in [0.2, 0.25) is 0 Å². The van der Waals surface area contributed by atoms with Crippen LogP contribution in [0.15, 0.2) is 0 Å². The number of carbonyl (C=O) groups is 1. The predicted molar refractivity (Wildman–Crippen MR) is 74.2 cm³/mol. The number of aromatic nitrogens is 3. The third-order valence-corrected chi connectivity index (χ3v) is 3.60. The molecule has 0 aromatic carbocycles. The van der Waals surface area contributed by atoms with Crippen LogP contribution in [0.1, 0.15) is 37.8 Å². The van der Waals surface area contributed by atoms with Crippen molar-refractivity contribution in [3.8, 4) is 0 Å². The largest absolute Gasteiger partial charge is 0.381 e. The first kappa shape index (κ1) is 14.8. The SMILES string of the molecule is CCc1n[nH]c(CNC(=O)N2CCCC(OC)CC2)n1. The van der Waals surface area contributed by atoms with Gasteiger partial charge in [0.15, 0.2) is 5.82 Å². The van der Waals surface area contributed by atoms with Crippen molar-refractivity contribution in [3.63, 3.8) is 0 Å². The molecule has 1 aliphatic rings. The second-order valence-corrected chi connectivity index (χ2v) is 4.99. The molecule has 1 fully saturated rings. The standard InChI is InChI=1S/C13H23N5O2/c1-3-11-15-12(17-16-11)9-14-13(19)18-7-4-5-10(20-2)6-8-18/h10H,3-9H2,1-2H3,(H,14,19)(H,15,16,17). The van der Waals surface area contributed by atoms with Crippen molar-refractivity contribution in [2.45, 2.75) is 45.3 Å². The number of methoxy groups -OCH3 is 1. The fraction of sp³-hybridized carbons (Fsp3) is 0.769. The van der Waals surface area contributed by atoms with Crippen LogP contribution in [0, 0.1) is 0 Å². The van der Waals surface area contributed by atoms with Crippen molar-refractivity contribution in [2.24, 2.45) is 0 Å². The van der Waals surface area contributed by atoms with Gasteiger partial charge in [-0.2, -0.15) is 5.10 Å². The number of urea groups is 1. The zero-order valence-corrected chi connectivity index (χ0v) is 12.2. The summed E-state index contributed by atoms with van der Waals surface area (Å²) in [5, 5.41) is 9.75. The van der Waals surface area contributed by atoms with E-state index in [0.29, 0.717) is 12.4 Å². The zero-order chi connectivity index (χ0) is 14.4. The van der Waals surface area contributed by atoms with Crippen LogP contribution in [0.5, 0.6) is 0 Å². The highest BCUT2D eigenvalue weighted by molar-refractivity contribution is 5.74. The van der Waals surface area contributed by atoms with Crippen LogP contribution in [-0.2, 0) is 17.7 Å². The third kappa shape index (κ3) is 3.93. The Balaban J connectivity index is 1.79. The average Bonchev–Trinajstić information content (AvgIpc) is 2.80. The molecule has 2 heterocycles. The Hall–Kier alpha value is -1.63. The van der Waals surface area contributed by atoms with Gasteiger partial charge in [0.05, 0.1) is 12.6 Å². The van der Waals surface area contributed by atoms with Crippen LogP contribution in [0.4, 0.5) is 4.79 Å². The molecule has 7 nitrogen and oxygen atoms in total. The van der Waals surface area contributed by atoms with Crippen molar-refractivity contribution in [3.05, 3.63) is 11.6 Å². The van der Waals surface area contributed by atoms with Gasteiger partial charge in [0.1, 0.15) is 5.82 Å². The minimum absolute atomic E-state index is 0.0452. The first-order chi connectivity index (χ1) is 9.72. The van der Waals surface area contributed by atoms with Gasteiger partial charge in [0.25, 0.3) is 0 Å². The molecule has 0 spiro atoms. The van der Waals surface area contributed by atoms with Gasteiger partial charge in [-0.25, -0.2) is 9.78 Å². The summed E-state index contributed by atoms with van der Waals surface area (Å²) >= 11 is 0. The number of aryl methyl sites for hydroxylation is 1. The van der Waals surface area contributed by atoms with Crippen LogP contribution in [-0.4, -0.2) is 52.4 Å². The predicted octanol–water partition coefficient (Wildman–Crippen LogP) is 1.08. The summed E-state index contributed by atoms with van der Waals surface area (Å²) in [5.41, 5.74) is 0. The first-order valence-corrected chi connectivity index (χ1v) is 7.18.